The minimum absolute atomic E-state index is 0.0752. The number of hydrogen-bond acceptors (Lipinski definition) is 4. The Labute approximate surface area is 138 Å². The van der Waals surface area contributed by atoms with Crippen LogP contribution in [0.3, 0.4) is 0 Å². The summed E-state index contributed by atoms with van der Waals surface area (Å²) < 4.78 is 1.98. The first-order valence-electron chi connectivity index (χ1n) is 7.56. The molecule has 120 valence electrons. The number of aliphatic hydroxyl groups excluding tert-OH is 1. The van der Waals surface area contributed by atoms with Crippen LogP contribution in [0.1, 0.15) is 35.1 Å². The molecule has 3 rings (SSSR count). The number of thiazole rings is 1. The Morgan fingerprint density at radius 3 is 2.96 bits per heavy atom. The van der Waals surface area contributed by atoms with Crippen LogP contribution >= 0.6 is 11.3 Å². The van der Waals surface area contributed by atoms with Crippen molar-refractivity contribution < 1.29 is 9.90 Å². The fourth-order valence-corrected chi connectivity index (χ4v) is 3.30. The average molecular weight is 329 g/mol. The van der Waals surface area contributed by atoms with E-state index in [-0.39, 0.29) is 19.1 Å². The van der Waals surface area contributed by atoms with E-state index in [1.165, 1.54) is 0 Å². The molecule has 0 spiro atoms. The highest BCUT2D eigenvalue weighted by atomic mass is 32.1. The molecule has 1 amide bonds. The van der Waals surface area contributed by atoms with Crippen molar-refractivity contribution in [2.75, 3.05) is 13.2 Å². The molecule has 2 N–H and O–H groups in total. The van der Waals surface area contributed by atoms with Gasteiger partial charge in [-0.25, -0.2) is 4.98 Å². The van der Waals surface area contributed by atoms with Gasteiger partial charge in [0, 0.05) is 24.0 Å². The summed E-state index contributed by atoms with van der Waals surface area (Å²) >= 11 is 1.63. The van der Waals surface area contributed by atoms with Crippen molar-refractivity contribution in [2.45, 2.75) is 19.8 Å². The standard InChI is InChI=1S/C17H19N3O2S/c1-11(2)17-19-13(10-23-17)15-9-12(16(22)18-6-8-21)14-5-3-4-7-20(14)15/h3-5,7,9-11,21H,6,8H2,1-2H3,(H,18,22). The van der Waals surface area contributed by atoms with Crippen molar-refractivity contribution in [3.63, 3.8) is 0 Å². The van der Waals surface area contributed by atoms with E-state index in [0.29, 0.717) is 11.5 Å². The van der Waals surface area contributed by atoms with Gasteiger partial charge in [0.1, 0.15) is 0 Å². The molecule has 0 radical (unpaired) electrons. The minimum atomic E-state index is -0.187. The topological polar surface area (TPSA) is 66.6 Å². The van der Waals surface area contributed by atoms with Gasteiger partial charge in [-0.3, -0.25) is 4.79 Å². The molecule has 0 aromatic carbocycles. The van der Waals surface area contributed by atoms with Gasteiger partial charge in [0.05, 0.1) is 34.1 Å². The number of carbonyl (C=O) groups excluding carboxylic acids is 1. The molecule has 0 fully saturated rings. The number of carbonyl (C=O) groups is 1. The first kappa shape index (κ1) is 15.7. The van der Waals surface area contributed by atoms with Gasteiger partial charge >= 0.3 is 0 Å². The Morgan fingerprint density at radius 1 is 1.43 bits per heavy atom. The summed E-state index contributed by atoms with van der Waals surface area (Å²) in [6.45, 7) is 4.40. The van der Waals surface area contributed by atoms with Crippen molar-refractivity contribution >= 4 is 22.8 Å². The van der Waals surface area contributed by atoms with Crippen LogP contribution in [0.2, 0.25) is 0 Å². The van der Waals surface area contributed by atoms with Crippen molar-refractivity contribution in [2.24, 2.45) is 0 Å². The van der Waals surface area contributed by atoms with Crippen LogP contribution in [0.25, 0.3) is 16.9 Å². The lowest BCUT2D eigenvalue weighted by atomic mass is 10.2. The van der Waals surface area contributed by atoms with Crippen LogP contribution in [-0.4, -0.2) is 33.6 Å². The molecule has 3 aromatic rings. The summed E-state index contributed by atoms with van der Waals surface area (Å²) in [6.07, 6.45) is 1.93. The molecular weight excluding hydrogens is 310 g/mol. The highest BCUT2D eigenvalue weighted by molar-refractivity contribution is 7.10. The maximum atomic E-state index is 12.3. The zero-order valence-corrected chi connectivity index (χ0v) is 13.9. The molecule has 0 aliphatic heterocycles. The third kappa shape index (κ3) is 3.00. The molecule has 3 heterocycles. The Hall–Kier alpha value is -2.18. The molecule has 3 aromatic heterocycles. The van der Waals surface area contributed by atoms with Crippen LogP contribution in [0.4, 0.5) is 0 Å². The number of aliphatic hydroxyl groups is 1. The van der Waals surface area contributed by atoms with Gasteiger partial charge in [-0.05, 0) is 18.2 Å². The van der Waals surface area contributed by atoms with Gasteiger partial charge in [-0.2, -0.15) is 0 Å². The van der Waals surface area contributed by atoms with Gasteiger partial charge in [0.15, 0.2) is 0 Å². The summed E-state index contributed by atoms with van der Waals surface area (Å²) in [5, 5.41) is 14.7. The van der Waals surface area contributed by atoms with Crippen LogP contribution < -0.4 is 5.32 Å². The van der Waals surface area contributed by atoms with E-state index in [1.54, 1.807) is 11.3 Å². The smallest absolute Gasteiger partial charge is 0.253 e. The molecular formula is C17H19N3O2S. The predicted octanol–water partition coefficient (Wildman–Crippen LogP) is 2.91. The molecule has 0 aliphatic rings. The number of hydrogen-bond donors (Lipinski definition) is 2. The average Bonchev–Trinajstić information content (AvgIpc) is 3.17. The maximum Gasteiger partial charge on any atom is 0.253 e. The summed E-state index contributed by atoms with van der Waals surface area (Å²) in [5.74, 6) is 0.195. The molecule has 23 heavy (non-hydrogen) atoms. The number of aromatic nitrogens is 2. The third-order valence-electron chi connectivity index (χ3n) is 3.60. The fourth-order valence-electron chi connectivity index (χ4n) is 2.47. The van der Waals surface area contributed by atoms with E-state index in [0.717, 1.165) is 21.9 Å². The predicted molar refractivity (Wildman–Crippen MR) is 92.0 cm³/mol. The summed E-state index contributed by atoms with van der Waals surface area (Å²) in [6, 6.07) is 7.61. The fraction of sp³-hybridized carbons (Fsp3) is 0.294. The van der Waals surface area contributed by atoms with Gasteiger partial charge in [0.2, 0.25) is 0 Å². The van der Waals surface area contributed by atoms with Gasteiger partial charge in [-0.15, -0.1) is 11.3 Å². The number of rotatable bonds is 5. The number of fused-ring (bicyclic) bond motifs is 1. The SMILES string of the molecule is CC(C)c1nc(-c2cc(C(=O)NCCO)c3ccccn23)cs1. The molecule has 5 nitrogen and oxygen atoms in total. The molecule has 0 saturated carbocycles. The van der Waals surface area contributed by atoms with Crippen molar-refractivity contribution in [3.8, 4) is 11.4 Å². The monoisotopic (exact) mass is 329 g/mol. The van der Waals surface area contributed by atoms with Crippen molar-refractivity contribution in [1.29, 1.82) is 0 Å². The summed E-state index contributed by atoms with van der Waals surface area (Å²) in [4.78, 5) is 17.0. The zero-order chi connectivity index (χ0) is 16.4. The molecule has 0 atom stereocenters. The Bertz CT molecular complexity index is 835. The Kier molecular flexibility index (Phi) is 4.45. The number of pyridine rings is 1. The first-order valence-corrected chi connectivity index (χ1v) is 8.44. The van der Waals surface area contributed by atoms with Gasteiger partial charge in [0.25, 0.3) is 5.91 Å². The van der Waals surface area contributed by atoms with Crippen LogP contribution in [-0.2, 0) is 0 Å². The molecule has 0 bridgehead atoms. The first-order chi connectivity index (χ1) is 11.1. The van der Waals surface area contributed by atoms with Crippen LogP contribution in [0.15, 0.2) is 35.8 Å². The van der Waals surface area contributed by atoms with Crippen molar-refractivity contribution in [3.05, 3.63) is 46.4 Å². The van der Waals surface area contributed by atoms with E-state index in [9.17, 15) is 4.79 Å². The van der Waals surface area contributed by atoms with E-state index in [4.69, 9.17) is 10.1 Å². The van der Waals surface area contributed by atoms with E-state index < -0.39 is 0 Å². The highest BCUT2D eigenvalue weighted by Crippen LogP contribution is 2.29. The summed E-state index contributed by atoms with van der Waals surface area (Å²) in [5.41, 5.74) is 3.20. The third-order valence-corrected chi connectivity index (χ3v) is 4.74. The Morgan fingerprint density at radius 2 is 2.26 bits per heavy atom. The zero-order valence-electron chi connectivity index (χ0n) is 13.1. The quantitative estimate of drug-likeness (QED) is 0.756. The minimum Gasteiger partial charge on any atom is -0.395 e. The second-order valence-corrected chi connectivity index (χ2v) is 6.49. The normalized spacial score (nSPS) is 11.3. The lowest BCUT2D eigenvalue weighted by Crippen LogP contribution is -2.26. The second kappa shape index (κ2) is 6.52. The number of nitrogens with one attached hydrogen (secondary N) is 1. The summed E-state index contributed by atoms with van der Waals surface area (Å²) in [7, 11) is 0. The van der Waals surface area contributed by atoms with Crippen LogP contribution in [0, 0.1) is 0 Å². The lowest BCUT2D eigenvalue weighted by molar-refractivity contribution is 0.0946. The Balaban J connectivity index is 2.08. The van der Waals surface area contributed by atoms with Gasteiger partial charge < -0.3 is 14.8 Å². The van der Waals surface area contributed by atoms with Crippen LogP contribution in [0.5, 0.6) is 0 Å². The number of nitrogens with zero attached hydrogens (tertiary/aromatic N) is 2. The van der Waals surface area contributed by atoms with E-state index >= 15 is 0 Å². The van der Waals surface area contributed by atoms with Gasteiger partial charge in [-0.1, -0.05) is 19.9 Å². The molecule has 6 heteroatoms. The van der Waals surface area contributed by atoms with E-state index in [2.05, 4.69) is 19.2 Å². The second-order valence-electron chi connectivity index (χ2n) is 5.60. The maximum absolute atomic E-state index is 12.3. The molecule has 0 aliphatic carbocycles. The molecule has 0 unspecified atom stereocenters. The molecule has 0 saturated heterocycles. The van der Waals surface area contributed by atoms with E-state index in [1.807, 2.05) is 40.2 Å². The highest BCUT2D eigenvalue weighted by Gasteiger charge is 2.18. The largest absolute Gasteiger partial charge is 0.395 e. The number of amides is 1. The lowest BCUT2D eigenvalue weighted by Gasteiger charge is -2.02. The van der Waals surface area contributed by atoms with Crippen molar-refractivity contribution in [1.82, 2.24) is 14.7 Å².